The zero-order valence-corrected chi connectivity index (χ0v) is 18.7. The van der Waals surface area contributed by atoms with Crippen molar-refractivity contribution in [2.45, 2.75) is 12.2 Å². The van der Waals surface area contributed by atoms with Gasteiger partial charge in [0, 0.05) is 6.07 Å². The van der Waals surface area contributed by atoms with Crippen LogP contribution in [0, 0.1) is 0 Å². The van der Waals surface area contributed by atoms with Crippen molar-refractivity contribution in [3.8, 4) is 11.5 Å². The lowest BCUT2D eigenvalue weighted by Gasteiger charge is -2.26. The van der Waals surface area contributed by atoms with E-state index in [1.54, 1.807) is 6.07 Å². The fourth-order valence-corrected chi connectivity index (χ4v) is 3.55. The van der Waals surface area contributed by atoms with E-state index in [1.165, 1.54) is 9.80 Å². The lowest BCUT2D eigenvalue weighted by molar-refractivity contribution is -0.911. The van der Waals surface area contributed by atoms with Crippen LogP contribution in [0.15, 0.2) is 24.3 Å². The molecule has 3 rings (SSSR count). The van der Waals surface area contributed by atoms with Gasteiger partial charge in [0.1, 0.15) is 76.2 Å². The number of hydrogen-bond acceptors (Lipinski definition) is 6. The lowest BCUT2D eigenvalue weighted by atomic mass is 10.3. The molecule has 2 saturated heterocycles. The molecule has 4 N–H and O–H groups in total. The standard InChI is InChI=1S/C20H32N2O6.2ClH/c23-17(13-21-4-8-25-9-5-21)15-27-19-2-1-3-20(12-19)28-16-18(24)14-22-6-10-26-11-7-22;;/h1-3,12,17-18,23-24H,4-11,13-16H2;2*1H. The summed E-state index contributed by atoms with van der Waals surface area (Å²) in [6, 6.07) is 7.33. The number of hydrogen-bond donors (Lipinski definition) is 4. The van der Waals surface area contributed by atoms with Crippen LogP contribution in [0.2, 0.25) is 0 Å². The monoisotopic (exact) mass is 468 g/mol. The van der Waals surface area contributed by atoms with Gasteiger partial charge in [-0.3, -0.25) is 0 Å². The topological polar surface area (TPSA) is 86.3 Å². The van der Waals surface area contributed by atoms with Gasteiger partial charge >= 0.3 is 0 Å². The molecule has 0 bridgehead atoms. The third kappa shape index (κ3) is 9.98. The number of halogens is 2. The Bertz CT molecular complexity index is 529. The molecule has 10 heteroatoms. The number of rotatable bonds is 10. The zero-order valence-electron chi connectivity index (χ0n) is 17.2. The molecule has 2 aliphatic rings. The van der Waals surface area contributed by atoms with Crippen molar-refractivity contribution in [2.24, 2.45) is 0 Å². The van der Waals surface area contributed by atoms with Crippen molar-refractivity contribution >= 4 is 0 Å². The van der Waals surface area contributed by atoms with Crippen molar-refractivity contribution in [3.63, 3.8) is 0 Å². The molecule has 0 spiro atoms. The summed E-state index contributed by atoms with van der Waals surface area (Å²) >= 11 is 0. The van der Waals surface area contributed by atoms with Crippen LogP contribution in [0.1, 0.15) is 0 Å². The number of benzene rings is 1. The summed E-state index contributed by atoms with van der Waals surface area (Å²) in [6.07, 6.45) is -1.04. The summed E-state index contributed by atoms with van der Waals surface area (Å²) in [5.41, 5.74) is 0. The van der Waals surface area contributed by atoms with E-state index in [9.17, 15) is 10.2 Å². The smallest absolute Gasteiger partial charge is 0.137 e. The minimum atomic E-state index is -0.518. The van der Waals surface area contributed by atoms with Gasteiger partial charge in [0.15, 0.2) is 0 Å². The maximum atomic E-state index is 10.2. The van der Waals surface area contributed by atoms with Crippen LogP contribution in [0.25, 0.3) is 0 Å². The van der Waals surface area contributed by atoms with Gasteiger partial charge in [0.2, 0.25) is 0 Å². The van der Waals surface area contributed by atoms with Crippen LogP contribution < -0.4 is 44.1 Å². The summed E-state index contributed by atoms with van der Waals surface area (Å²) in [5, 5.41) is 20.4. The fraction of sp³-hybridized carbons (Fsp3) is 0.700. The molecule has 2 aliphatic heterocycles. The first-order chi connectivity index (χ1) is 13.7. The van der Waals surface area contributed by atoms with Gasteiger partial charge in [0.25, 0.3) is 0 Å². The first kappa shape index (κ1) is 27.2. The summed E-state index contributed by atoms with van der Waals surface area (Å²) in [7, 11) is 0. The molecule has 2 atom stereocenters. The molecular weight excluding hydrogens is 435 g/mol. The number of nitrogens with one attached hydrogen (secondary N) is 2. The first-order valence-electron chi connectivity index (χ1n) is 10.2. The van der Waals surface area contributed by atoms with Crippen molar-refractivity contribution in [2.75, 3.05) is 78.9 Å². The van der Waals surface area contributed by atoms with E-state index in [0.717, 1.165) is 52.6 Å². The molecule has 0 aliphatic carbocycles. The highest BCUT2D eigenvalue weighted by Crippen LogP contribution is 2.19. The number of quaternary nitrogens is 2. The summed E-state index contributed by atoms with van der Waals surface area (Å²) < 4.78 is 22.1. The van der Waals surface area contributed by atoms with Crippen LogP contribution in [-0.4, -0.2) is 101 Å². The lowest BCUT2D eigenvalue weighted by Crippen LogP contribution is -3.15. The summed E-state index contributed by atoms with van der Waals surface area (Å²) in [6.45, 7) is 8.52. The molecule has 1 aromatic carbocycles. The van der Waals surface area contributed by atoms with Gasteiger partial charge in [-0.25, -0.2) is 0 Å². The van der Waals surface area contributed by atoms with Crippen molar-refractivity contribution < 1.29 is 63.8 Å². The SMILES string of the molecule is OC(COc1cccc(OCC(O)C[NH+]2CCOCC2)c1)C[NH+]1CCOCC1.[Cl-].[Cl-]. The van der Waals surface area contributed by atoms with Crippen LogP contribution in [0.5, 0.6) is 11.5 Å². The molecule has 0 radical (unpaired) electrons. The third-order valence-corrected chi connectivity index (χ3v) is 5.14. The van der Waals surface area contributed by atoms with E-state index < -0.39 is 12.2 Å². The number of aliphatic hydroxyl groups excluding tert-OH is 2. The molecule has 30 heavy (non-hydrogen) atoms. The Morgan fingerprint density at radius 2 is 1.17 bits per heavy atom. The maximum absolute atomic E-state index is 10.2. The second kappa shape index (κ2) is 15.0. The Kier molecular flexibility index (Phi) is 13.6. The Balaban J connectivity index is 0.00000225. The molecule has 1 aromatic rings. The van der Waals surface area contributed by atoms with Crippen molar-refractivity contribution in [1.29, 1.82) is 0 Å². The predicted octanol–water partition coefficient (Wildman–Crippen LogP) is -9.00. The van der Waals surface area contributed by atoms with Crippen LogP contribution in [0.4, 0.5) is 0 Å². The molecule has 2 fully saturated rings. The predicted molar refractivity (Wildman–Crippen MR) is 102 cm³/mol. The maximum Gasteiger partial charge on any atom is 0.137 e. The molecule has 0 aromatic heterocycles. The molecular formula is C20H34Cl2N2O6. The van der Waals surface area contributed by atoms with Gasteiger partial charge < -0.3 is 63.8 Å². The largest absolute Gasteiger partial charge is 1.00 e. The van der Waals surface area contributed by atoms with E-state index in [0.29, 0.717) is 24.6 Å². The molecule has 0 amide bonds. The van der Waals surface area contributed by atoms with Crippen LogP contribution in [0.3, 0.4) is 0 Å². The molecule has 174 valence electrons. The second-order valence-corrected chi connectivity index (χ2v) is 7.54. The molecule has 0 saturated carbocycles. The molecule has 2 unspecified atom stereocenters. The van der Waals surface area contributed by atoms with Gasteiger partial charge in [-0.1, -0.05) is 6.07 Å². The van der Waals surface area contributed by atoms with Crippen molar-refractivity contribution in [3.05, 3.63) is 24.3 Å². The minimum absolute atomic E-state index is 0. The zero-order chi connectivity index (χ0) is 19.6. The highest BCUT2D eigenvalue weighted by Gasteiger charge is 2.20. The van der Waals surface area contributed by atoms with E-state index in [4.69, 9.17) is 18.9 Å². The van der Waals surface area contributed by atoms with Crippen molar-refractivity contribution in [1.82, 2.24) is 0 Å². The highest BCUT2D eigenvalue weighted by molar-refractivity contribution is 5.32. The summed E-state index contributed by atoms with van der Waals surface area (Å²) in [5.74, 6) is 1.31. The number of ether oxygens (including phenoxy) is 4. The van der Waals surface area contributed by atoms with E-state index >= 15 is 0 Å². The van der Waals surface area contributed by atoms with Crippen LogP contribution in [-0.2, 0) is 9.47 Å². The molecule has 2 heterocycles. The van der Waals surface area contributed by atoms with Gasteiger partial charge in [0.05, 0.1) is 26.4 Å². The van der Waals surface area contributed by atoms with Gasteiger partial charge in [-0.15, -0.1) is 0 Å². The Hall–Kier alpha value is -0.840. The Labute approximate surface area is 190 Å². The highest BCUT2D eigenvalue weighted by atomic mass is 35.5. The Morgan fingerprint density at radius 1 is 0.767 bits per heavy atom. The van der Waals surface area contributed by atoms with Crippen LogP contribution >= 0.6 is 0 Å². The van der Waals surface area contributed by atoms with Gasteiger partial charge in [-0.05, 0) is 12.1 Å². The number of morpholine rings is 2. The fourth-order valence-electron chi connectivity index (χ4n) is 3.55. The van der Waals surface area contributed by atoms with E-state index in [2.05, 4.69) is 0 Å². The number of aliphatic hydroxyl groups is 2. The van der Waals surface area contributed by atoms with Gasteiger partial charge in [-0.2, -0.15) is 0 Å². The quantitative estimate of drug-likeness (QED) is 0.273. The minimum Gasteiger partial charge on any atom is -1.00 e. The Morgan fingerprint density at radius 3 is 1.57 bits per heavy atom. The average molecular weight is 469 g/mol. The second-order valence-electron chi connectivity index (χ2n) is 7.54. The van der Waals surface area contributed by atoms with E-state index in [1.807, 2.05) is 18.2 Å². The molecule has 8 nitrogen and oxygen atoms in total. The average Bonchev–Trinajstić information content (AvgIpc) is 2.73. The third-order valence-electron chi connectivity index (χ3n) is 5.14. The van der Waals surface area contributed by atoms with E-state index in [-0.39, 0.29) is 38.0 Å². The first-order valence-corrected chi connectivity index (χ1v) is 10.2. The normalized spacial score (nSPS) is 19.8. The summed E-state index contributed by atoms with van der Waals surface area (Å²) in [4.78, 5) is 2.69.